The highest BCUT2D eigenvalue weighted by Gasteiger charge is 2.34. The highest BCUT2D eigenvalue weighted by molar-refractivity contribution is 6.33. The Bertz CT molecular complexity index is 1220. The summed E-state index contributed by atoms with van der Waals surface area (Å²) in [6, 6.07) is 2.40. The highest BCUT2D eigenvalue weighted by atomic mass is 35.5. The third-order valence-corrected chi connectivity index (χ3v) is 8.16. The van der Waals surface area contributed by atoms with Gasteiger partial charge in [-0.05, 0) is 90.9 Å². The van der Waals surface area contributed by atoms with Crippen LogP contribution in [-0.2, 0) is 6.54 Å². The van der Waals surface area contributed by atoms with Gasteiger partial charge in [0.05, 0.1) is 12.2 Å². The van der Waals surface area contributed by atoms with E-state index in [-0.39, 0.29) is 34.5 Å². The molecule has 0 unspecified atom stereocenters. The second-order valence-corrected chi connectivity index (χ2v) is 11.0. The summed E-state index contributed by atoms with van der Waals surface area (Å²) in [5.74, 6) is -0.644. The number of hydrogen-bond acceptors (Lipinski definition) is 5. The summed E-state index contributed by atoms with van der Waals surface area (Å²) in [5, 5.41) is 2.43. The predicted octanol–water partition coefficient (Wildman–Crippen LogP) is 5.06. The molecule has 2 aliphatic rings. The molecule has 1 aromatic heterocycles. The van der Waals surface area contributed by atoms with Crippen molar-refractivity contribution in [2.45, 2.75) is 78.0 Å². The number of aromatic amines is 1. The van der Waals surface area contributed by atoms with Crippen molar-refractivity contribution < 1.29 is 18.7 Å². The molecule has 9 heteroatoms. The zero-order chi connectivity index (χ0) is 26.9. The van der Waals surface area contributed by atoms with E-state index in [2.05, 4.69) is 29.3 Å². The lowest BCUT2D eigenvalue weighted by Gasteiger charge is -2.37. The van der Waals surface area contributed by atoms with Gasteiger partial charge in [0.25, 0.3) is 11.5 Å². The predicted molar refractivity (Wildman–Crippen MR) is 142 cm³/mol. The smallest absolute Gasteiger partial charge is 0.254 e. The molecular formula is C28H37ClFN3O4. The maximum Gasteiger partial charge on any atom is 0.254 e. The summed E-state index contributed by atoms with van der Waals surface area (Å²) in [6.45, 7) is 5.61. The molecule has 2 heterocycles. The molecule has 0 saturated heterocycles. The maximum absolute atomic E-state index is 15.4. The molecule has 4 rings (SSSR count). The minimum Gasteiger partial charge on any atom is -0.488 e. The molecule has 0 radical (unpaired) electrons. The van der Waals surface area contributed by atoms with E-state index in [1.54, 1.807) is 20.8 Å². The molecule has 7 nitrogen and oxygen atoms in total. The van der Waals surface area contributed by atoms with Crippen molar-refractivity contribution in [1.29, 1.82) is 0 Å². The molecular weight excluding hydrogens is 497 g/mol. The van der Waals surface area contributed by atoms with Crippen LogP contribution in [0.25, 0.3) is 0 Å². The molecule has 37 heavy (non-hydrogen) atoms. The zero-order valence-electron chi connectivity index (χ0n) is 22.3. The molecule has 1 saturated carbocycles. The van der Waals surface area contributed by atoms with E-state index < -0.39 is 11.7 Å². The first kappa shape index (κ1) is 27.5. The lowest BCUT2D eigenvalue weighted by Crippen LogP contribution is -2.38. The van der Waals surface area contributed by atoms with Crippen LogP contribution >= 0.6 is 11.6 Å². The van der Waals surface area contributed by atoms with Crippen LogP contribution in [0.1, 0.15) is 71.3 Å². The molecule has 1 aliphatic carbocycles. The number of carbonyl (C=O) groups excluding carboxylic acids is 1. The summed E-state index contributed by atoms with van der Waals surface area (Å²) >= 11 is 6.41. The maximum atomic E-state index is 15.4. The number of ether oxygens (including phenoxy) is 2. The van der Waals surface area contributed by atoms with Crippen molar-refractivity contribution in [2.75, 3.05) is 20.7 Å². The van der Waals surface area contributed by atoms with Gasteiger partial charge in [0.15, 0.2) is 17.3 Å². The first-order valence-corrected chi connectivity index (χ1v) is 13.4. The Morgan fingerprint density at radius 1 is 1.16 bits per heavy atom. The van der Waals surface area contributed by atoms with Crippen LogP contribution in [-0.4, -0.2) is 48.6 Å². The normalized spacial score (nSPS) is 21.9. The Kier molecular flexibility index (Phi) is 8.49. The SMILES string of the molecule is Cc1cc(C)c(CNC(=O)c2c(C)c3c(c(Cl)c2F)OCCC[C@H](C2CCC(N(C)C)CC2)O3)c(=O)[nH]1. The number of aryl methyl sites for hydroxylation is 2. The second-order valence-electron chi connectivity index (χ2n) is 10.6. The molecule has 2 N–H and O–H groups in total. The van der Waals surface area contributed by atoms with Crippen molar-refractivity contribution in [3.8, 4) is 11.5 Å². The first-order valence-electron chi connectivity index (χ1n) is 13.0. The summed E-state index contributed by atoms with van der Waals surface area (Å²) in [4.78, 5) is 30.6. The van der Waals surface area contributed by atoms with Gasteiger partial charge in [0, 0.05) is 29.4 Å². The van der Waals surface area contributed by atoms with E-state index in [4.69, 9.17) is 21.1 Å². The Hall–Kier alpha value is -2.58. The fourth-order valence-electron chi connectivity index (χ4n) is 5.65. The third kappa shape index (κ3) is 5.80. The van der Waals surface area contributed by atoms with Gasteiger partial charge in [0.2, 0.25) is 0 Å². The molecule has 1 aromatic carbocycles. The number of H-pyrrole nitrogens is 1. The quantitative estimate of drug-likeness (QED) is 0.561. The number of fused-ring (bicyclic) bond motifs is 1. The van der Waals surface area contributed by atoms with Crippen LogP contribution in [0.15, 0.2) is 10.9 Å². The second kappa shape index (κ2) is 11.4. The number of aromatic nitrogens is 1. The number of pyridine rings is 1. The van der Waals surface area contributed by atoms with Crippen molar-refractivity contribution >= 4 is 17.5 Å². The van der Waals surface area contributed by atoms with Gasteiger partial charge >= 0.3 is 0 Å². The summed E-state index contributed by atoms with van der Waals surface area (Å²) in [6.07, 6.45) is 5.86. The van der Waals surface area contributed by atoms with Crippen LogP contribution in [0.3, 0.4) is 0 Å². The van der Waals surface area contributed by atoms with E-state index in [1.165, 1.54) is 0 Å². The van der Waals surface area contributed by atoms with Crippen molar-refractivity contribution in [3.05, 3.63) is 55.2 Å². The molecule has 0 bridgehead atoms. The first-order chi connectivity index (χ1) is 17.6. The average molecular weight is 534 g/mol. The number of nitrogens with one attached hydrogen (secondary N) is 2. The summed E-state index contributed by atoms with van der Waals surface area (Å²) in [5.41, 5.74) is 1.77. The van der Waals surface area contributed by atoms with E-state index >= 15 is 4.39 Å². The fraction of sp³-hybridized carbons (Fsp3) is 0.571. The van der Waals surface area contributed by atoms with Crippen LogP contribution in [0.2, 0.25) is 5.02 Å². The Labute approximate surface area is 222 Å². The molecule has 202 valence electrons. The lowest BCUT2D eigenvalue weighted by molar-refractivity contribution is 0.0622. The van der Waals surface area contributed by atoms with Gasteiger partial charge in [-0.2, -0.15) is 0 Å². The van der Waals surface area contributed by atoms with Crippen LogP contribution < -0.4 is 20.3 Å². The van der Waals surface area contributed by atoms with Crippen molar-refractivity contribution in [2.24, 2.45) is 5.92 Å². The van der Waals surface area contributed by atoms with E-state index in [0.717, 1.165) is 49.8 Å². The molecule has 1 amide bonds. The average Bonchev–Trinajstić information content (AvgIpc) is 2.82. The van der Waals surface area contributed by atoms with E-state index in [0.29, 0.717) is 35.4 Å². The van der Waals surface area contributed by atoms with E-state index in [9.17, 15) is 9.59 Å². The van der Waals surface area contributed by atoms with Gasteiger partial charge in [-0.15, -0.1) is 0 Å². The topological polar surface area (TPSA) is 83.7 Å². The standard InChI is InChI=1S/C28H37ClFN3O4/c1-15-13-16(2)32-27(34)20(15)14-31-28(35)22-17(3)25-26(23(29)24(22)30)36-12-6-7-21(37-25)18-8-10-19(11-9-18)33(4)5/h13,18-19,21H,6-12,14H2,1-5H3,(H,31,35)(H,32,34)/t18?,19?,21-/m1/s1. The molecule has 2 aromatic rings. The van der Waals surface area contributed by atoms with Crippen LogP contribution in [0.4, 0.5) is 4.39 Å². The number of benzene rings is 1. The Balaban J connectivity index is 1.60. The van der Waals surface area contributed by atoms with Gasteiger partial charge in [-0.3, -0.25) is 9.59 Å². The minimum atomic E-state index is -0.850. The third-order valence-electron chi connectivity index (χ3n) is 7.83. The summed E-state index contributed by atoms with van der Waals surface area (Å²) < 4.78 is 27.8. The number of rotatable bonds is 5. The van der Waals surface area contributed by atoms with Crippen LogP contribution in [0, 0.1) is 32.5 Å². The Morgan fingerprint density at radius 2 is 1.86 bits per heavy atom. The molecule has 1 aliphatic heterocycles. The number of halogens is 2. The number of amides is 1. The number of hydrogen-bond donors (Lipinski definition) is 2. The van der Waals surface area contributed by atoms with Gasteiger partial charge < -0.3 is 24.7 Å². The zero-order valence-corrected chi connectivity index (χ0v) is 23.1. The fourth-order valence-corrected chi connectivity index (χ4v) is 5.88. The number of carbonyl (C=O) groups is 1. The molecule has 1 fully saturated rings. The minimum absolute atomic E-state index is 0.0387. The lowest BCUT2D eigenvalue weighted by atomic mass is 9.81. The molecule has 0 spiro atoms. The number of nitrogens with zero attached hydrogens (tertiary/aromatic N) is 1. The van der Waals surface area contributed by atoms with Gasteiger partial charge in [-0.1, -0.05) is 11.6 Å². The van der Waals surface area contributed by atoms with Gasteiger partial charge in [-0.25, -0.2) is 4.39 Å². The largest absolute Gasteiger partial charge is 0.488 e. The van der Waals surface area contributed by atoms with E-state index in [1.807, 2.05) is 6.07 Å². The summed E-state index contributed by atoms with van der Waals surface area (Å²) in [7, 11) is 4.24. The van der Waals surface area contributed by atoms with Gasteiger partial charge in [0.1, 0.15) is 11.1 Å². The highest BCUT2D eigenvalue weighted by Crippen LogP contribution is 2.45. The monoisotopic (exact) mass is 533 g/mol. The van der Waals surface area contributed by atoms with Crippen molar-refractivity contribution in [1.82, 2.24) is 15.2 Å². The Morgan fingerprint density at radius 3 is 2.51 bits per heavy atom. The molecule has 1 atom stereocenters. The van der Waals surface area contributed by atoms with Crippen molar-refractivity contribution in [3.63, 3.8) is 0 Å². The van der Waals surface area contributed by atoms with Crippen LogP contribution in [0.5, 0.6) is 11.5 Å².